The molecule has 0 bridgehead atoms. The van der Waals surface area contributed by atoms with Gasteiger partial charge in [-0.25, -0.2) is 9.13 Å². The van der Waals surface area contributed by atoms with Crippen molar-refractivity contribution in [1.29, 1.82) is 0 Å². The van der Waals surface area contributed by atoms with Crippen LogP contribution in [0.2, 0.25) is 0 Å². The van der Waals surface area contributed by atoms with Crippen LogP contribution in [-0.2, 0) is 65.4 Å². The van der Waals surface area contributed by atoms with Crippen LogP contribution in [0.4, 0.5) is 0 Å². The number of unbranched alkanes of at least 4 members (excludes halogenated alkanes) is 37. The zero-order valence-corrected chi connectivity index (χ0v) is 66.6. The van der Waals surface area contributed by atoms with Crippen LogP contribution in [-0.4, -0.2) is 96.7 Å². The van der Waals surface area contributed by atoms with Crippen molar-refractivity contribution in [2.24, 2.45) is 0 Å². The molecular formula is C83H148O17P2. The second-order valence-corrected chi connectivity index (χ2v) is 30.3. The number of aliphatic hydroxyl groups excluding tert-OH is 1. The number of carbonyl (C=O) groups excluding carboxylic acids is 4. The van der Waals surface area contributed by atoms with Crippen LogP contribution < -0.4 is 0 Å². The van der Waals surface area contributed by atoms with E-state index in [2.05, 4.69) is 101 Å². The Labute approximate surface area is 621 Å². The van der Waals surface area contributed by atoms with Gasteiger partial charge in [-0.3, -0.25) is 37.3 Å². The van der Waals surface area contributed by atoms with E-state index in [-0.39, 0.29) is 25.7 Å². The van der Waals surface area contributed by atoms with E-state index >= 15 is 0 Å². The molecule has 0 aliphatic carbocycles. The third kappa shape index (κ3) is 74.5. The van der Waals surface area contributed by atoms with Crippen LogP contribution in [0.3, 0.4) is 0 Å². The summed E-state index contributed by atoms with van der Waals surface area (Å²) in [5.41, 5.74) is 0. The van der Waals surface area contributed by atoms with Crippen LogP contribution in [0.15, 0.2) is 85.1 Å². The lowest BCUT2D eigenvalue weighted by molar-refractivity contribution is -0.161. The largest absolute Gasteiger partial charge is 0.472 e. The number of allylic oxidation sites excluding steroid dienone is 14. The highest BCUT2D eigenvalue weighted by Crippen LogP contribution is 2.45. The van der Waals surface area contributed by atoms with Gasteiger partial charge in [0.25, 0.3) is 0 Å². The van der Waals surface area contributed by atoms with Crippen LogP contribution in [0.1, 0.15) is 362 Å². The Morgan fingerprint density at radius 2 is 0.490 bits per heavy atom. The summed E-state index contributed by atoms with van der Waals surface area (Å²) in [6, 6.07) is 0. The average Bonchev–Trinajstić information content (AvgIpc) is 0.917. The molecular weight excluding hydrogens is 1330 g/mol. The number of rotatable bonds is 77. The minimum atomic E-state index is -4.99. The lowest BCUT2D eigenvalue weighted by atomic mass is 10.0. The molecule has 0 saturated heterocycles. The second kappa shape index (κ2) is 75.5. The Bertz CT molecular complexity index is 2260. The summed E-state index contributed by atoms with van der Waals surface area (Å²) in [6.07, 6.45) is 78.5. The summed E-state index contributed by atoms with van der Waals surface area (Å²) in [7, 11) is -9.97. The number of phosphoric acid groups is 2. The molecule has 0 aromatic carbocycles. The fourth-order valence-corrected chi connectivity index (χ4v) is 12.6. The molecule has 19 heteroatoms. The van der Waals surface area contributed by atoms with Crippen LogP contribution in [0.5, 0.6) is 0 Å². The average molecular weight is 1480 g/mol. The van der Waals surface area contributed by atoms with Crippen molar-refractivity contribution in [2.45, 2.75) is 380 Å². The van der Waals surface area contributed by atoms with Gasteiger partial charge in [0.1, 0.15) is 19.3 Å². The van der Waals surface area contributed by atoms with E-state index in [1.165, 1.54) is 148 Å². The third-order valence-electron chi connectivity index (χ3n) is 17.3. The monoisotopic (exact) mass is 1480 g/mol. The summed E-state index contributed by atoms with van der Waals surface area (Å²) < 4.78 is 68.6. The quantitative estimate of drug-likeness (QED) is 0.0169. The molecule has 0 amide bonds. The highest BCUT2D eigenvalue weighted by Gasteiger charge is 2.30. The summed E-state index contributed by atoms with van der Waals surface area (Å²) in [4.78, 5) is 73.0. The molecule has 0 spiro atoms. The number of carbonyl (C=O) groups is 4. The first-order valence-corrected chi connectivity index (χ1v) is 43.8. The summed E-state index contributed by atoms with van der Waals surface area (Å²) in [5, 5.41) is 10.6. The van der Waals surface area contributed by atoms with Gasteiger partial charge < -0.3 is 33.8 Å². The fraction of sp³-hybridized carbons (Fsp3) is 0.783. The first-order chi connectivity index (χ1) is 49.7. The van der Waals surface area contributed by atoms with Gasteiger partial charge in [-0.2, -0.15) is 0 Å². The smallest absolute Gasteiger partial charge is 0.462 e. The van der Waals surface area contributed by atoms with Crippen molar-refractivity contribution >= 4 is 39.5 Å². The number of hydrogen-bond donors (Lipinski definition) is 3. The van der Waals surface area contributed by atoms with Crippen molar-refractivity contribution in [2.75, 3.05) is 39.6 Å². The van der Waals surface area contributed by atoms with Gasteiger partial charge in [0.2, 0.25) is 0 Å². The number of esters is 4. The second-order valence-electron chi connectivity index (χ2n) is 27.4. The van der Waals surface area contributed by atoms with E-state index in [0.717, 1.165) is 128 Å². The molecule has 5 atom stereocenters. The Morgan fingerprint density at radius 1 is 0.275 bits per heavy atom. The fourth-order valence-electron chi connectivity index (χ4n) is 11.1. The minimum absolute atomic E-state index is 0.0190. The van der Waals surface area contributed by atoms with E-state index in [0.29, 0.717) is 32.1 Å². The number of aliphatic hydroxyl groups is 1. The van der Waals surface area contributed by atoms with Gasteiger partial charge >= 0.3 is 39.5 Å². The van der Waals surface area contributed by atoms with E-state index in [1.807, 2.05) is 12.2 Å². The molecule has 17 nitrogen and oxygen atoms in total. The number of phosphoric ester groups is 2. The predicted molar refractivity (Wildman–Crippen MR) is 418 cm³/mol. The SMILES string of the molecule is CCCCC/C=C\C/C=C\C/C=C\C/C=C\CCCC(=O)O[C@H](COC(=O)CCCCCCC/C=C\CCCCCCCC)COP(=O)(O)OC[C@@H](O)COP(=O)(O)OC[C@@H](COC(=O)CCCCCCCCCCCCCCCCC)OC(=O)CCCCCCC/C=C\C/C=C\CCCCC. The molecule has 0 aromatic rings. The lowest BCUT2D eigenvalue weighted by Gasteiger charge is -2.21. The molecule has 0 fully saturated rings. The Morgan fingerprint density at radius 3 is 0.804 bits per heavy atom. The number of hydrogen-bond acceptors (Lipinski definition) is 15. The minimum Gasteiger partial charge on any atom is -0.462 e. The molecule has 0 aliphatic rings. The first-order valence-electron chi connectivity index (χ1n) is 40.8. The molecule has 0 aromatic heterocycles. The number of ether oxygens (including phenoxy) is 4. The zero-order chi connectivity index (χ0) is 74.6. The molecule has 3 N–H and O–H groups in total. The molecule has 0 saturated carbocycles. The molecule has 0 radical (unpaired) electrons. The van der Waals surface area contributed by atoms with Crippen LogP contribution in [0, 0.1) is 0 Å². The maximum absolute atomic E-state index is 13.1. The summed E-state index contributed by atoms with van der Waals surface area (Å²) in [5.74, 6) is -2.24. The maximum atomic E-state index is 13.1. The van der Waals surface area contributed by atoms with Crippen molar-refractivity contribution < 1.29 is 80.2 Å². The van der Waals surface area contributed by atoms with Gasteiger partial charge in [-0.05, 0) is 122 Å². The van der Waals surface area contributed by atoms with Gasteiger partial charge in [-0.15, -0.1) is 0 Å². The third-order valence-corrected chi connectivity index (χ3v) is 19.2. The van der Waals surface area contributed by atoms with Crippen molar-refractivity contribution in [3.8, 4) is 0 Å². The highest BCUT2D eigenvalue weighted by atomic mass is 31.2. The molecule has 592 valence electrons. The van der Waals surface area contributed by atoms with E-state index in [1.54, 1.807) is 0 Å². The van der Waals surface area contributed by atoms with E-state index in [9.17, 15) is 43.2 Å². The van der Waals surface area contributed by atoms with Crippen molar-refractivity contribution in [3.05, 3.63) is 85.1 Å². The maximum Gasteiger partial charge on any atom is 0.472 e. The molecule has 0 rings (SSSR count). The van der Waals surface area contributed by atoms with E-state index < -0.39 is 97.5 Å². The predicted octanol–water partition coefficient (Wildman–Crippen LogP) is 23.8. The van der Waals surface area contributed by atoms with Crippen molar-refractivity contribution in [3.63, 3.8) is 0 Å². The topological polar surface area (TPSA) is 237 Å². The Balaban J connectivity index is 5.41. The molecule has 0 aliphatic heterocycles. The van der Waals surface area contributed by atoms with Crippen LogP contribution in [0.25, 0.3) is 0 Å². The van der Waals surface area contributed by atoms with Gasteiger partial charge in [0.15, 0.2) is 12.2 Å². The molecule has 102 heavy (non-hydrogen) atoms. The van der Waals surface area contributed by atoms with Gasteiger partial charge in [0.05, 0.1) is 26.4 Å². The summed E-state index contributed by atoms with van der Waals surface area (Å²) >= 11 is 0. The molecule has 0 heterocycles. The lowest BCUT2D eigenvalue weighted by Crippen LogP contribution is -2.30. The highest BCUT2D eigenvalue weighted by molar-refractivity contribution is 7.47. The van der Waals surface area contributed by atoms with Crippen LogP contribution >= 0.6 is 15.6 Å². The normalized spacial score (nSPS) is 14.3. The van der Waals surface area contributed by atoms with Crippen molar-refractivity contribution in [1.82, 2.24) is 0 Å². The molecule has 2 unspecified atom stereocenters. The van der Waals surface area contributed by atoms with Gasteiger partial charge in [0, 0.05) is 25.7 Å². The zero-order valence-electron chi connectivity index (χ0n) is 64.8. The first kappa shape index (κ1) is 98.2. The Kier molecular flexibility index (Phi) is 72.7. The van der Waals surface area contributed by atoms with Gasteiger partial charge in [-0.1, -0.05) is 299 Å². The summed E-state index contributed by atoms with van der Waals surface area (Å²) in [6.45, 7) is 4.79. The van der Waals surface area contributed by atoms with E-state index in [4.69, 9.17) is 37.0 Å². The standard InChI is InChI=1S/C83H148O17P2/c1-5-9-13-17-21-25-29-33-37-38-42-46-50-54-58-62-66-70-83(88)100-79(74-94-81(86)68-64-60-56-52-48-44-40-35-31-27-23-19-15-11-7-3)76-98-102(91,92)96-72-77(84)71-95-101(89,90)97-75-78(99-82(87)69-65-61-57-53-49-45-41-36-32-28-24-20-16-12-8-4)73-93-80(85)67-63-59-55-51-47-43-39-34-30-26-22-18-14-10-6-2/h21,24-25,28,33,35-37,40-42,46,54,58,77-79,84H,5-20,22-23,26-27,29-32,34,38-39,43-45,47-53,55-57,59-76H2,1-4H3,(H,89,90)(H,91,92)/b25-21-,28-24-,37-33-,40-35-,41-36-,46-42-,58-54-/t77-,78+,79+/m0/s1. The Hall–Kier alpha value is -3.76.